The third-order valence-corrected chi connectivity index (χ3v) is 5.30. The number of thiophene rings is 1. The number of carbonyl (C=O) groups is 2. The van der Waals surface area contributed by atoms with E-state index in [9.17, 15) is 9.59 Å². The summed E-state index contributed by atoms with van der Waals surface area (Å²) in [4.78, 5) is 24.9. The van der Waals surface area contributed by atoms with Crippen LogP contribution < -0.4 is 5.32 Å². The summed E-state index contributed by atoms with van der Waals surface area (Å²) in [6, 6.07) is 8.10. The van der Waals surface area contributed by atoms with Crippen LogP contribution >= 0.6 is 11.3 Å². The van der Waals surface area contributed by atoms with Crippen molar-refractivity contribution >= 4 is 33.4 Å². The third kappa shape index (κ3) is 3.64. The van der Waals surface area contributed by atoms with E-state index < -0.39 is 11.9 Å². The van der Waals surface area contributed by atoms with E-state index in [0.717, 1.165) is 12.8 Å². The number of hydrogen-bond acceptors (Lipinski definition) is 3. The van der Waals surface area contributed by atoms with Gasteiger partial charge in [-0.2, -0.15) is 0 Å². The van der Waals surface area contributed by atoms with Crippen molar-refractivity contribution in [2.24, 2.45) is 5.92 Å². The van der Waals surface area contributed by atoms with Gasteiger partial charge in [-0.15, -0.1) is 11.3 Å². The largest absolute Gasteiger partial charge is 0.481 e. The van der Waals surface area contributed by atoms with Crippen LogP contribution in [-0.4, -0.2) is 41.6 Å². The van der Waals surface area contributed by atoms with E-state index >= 15 is 0 Å². The van der Waals surface area contributed by atoms with Crippen molar-refractivity contribution in [1.29, 1.82) is 0 Å². The average Bonchev–Trinajstić information content (AvgIpc) is 2.98. The van der Waals surface area contributed by atoms with E-state index in [1.807, 2.05) is 12.1 Å². The lowest BCUT2D eigenvalue weighted by atomic mass is 9.99. The first-order chi connectivity index (χ1) is 11.1. The number of amides is 2. The zero-order chi connectivity index (χ0) is 16.2. The SMILES string of the molecule is O=C(O)C1CCCN(C(=O)NCCc2csc3ccccc23)C1. The number of carboxylic acids is 1. The molecule has 1 aliphatic rings. The van der Waals surface area contributed by atoms with Gasteiger partial charge in [-0.3, -0.25) is 4.79 Å². The fraction of sp³-hybridized carbons (Fsp3) is 0.412. The van der Waals surface area contributed by atoms with Crippen molar-refractivity contribution in [3.8, 4) is 0 Å². The topological polar surface area (TPSA) is 69.6 Å². The average molecular weight is 332 g/mol. The first-order valence-electron chi connectivity index (χ1n) is 7.86. The molecule has 5 nitrogen and oxygen atoms in total. The van der Waals surface area contributed by atoms with Gasteiger partial charge >= 0.3 is 12.0 Å². The Morgan fingerprint density at radius 1 is 1.35 bits per heavy atom. The van der Waals surface area contributed by atoms with Gasteiger partial charge in [0.25, 0.3) is 0 Å². The minimum Gasteiger partial charge on any atom is -0.481 e. The van der Waals surface area contributed by atoms with Crippen molar-refractivity contribution in [2.45, 2.75) is 19.3 Å². The molecular weight excluding hydrogens is 312 g/mol. The Morgan fingerprint density at radius 3 is 3.00 bits per heavy atom. The molecule has 0 spiro atoms. The number of likely N-dealkylation sites (tertiary alicyclic amines) is 1. The van der Waals surface area contributed by atoms with Crippen LogP contribution in [0.15, 0.2) is 29.6 Å². The number of rotatable bonds is 4. The standard InChI is InChI=1S/C17H20N2O3S/c20-16(21)12-4-3-9-19(10-12)17(22)18-8-7-13-11-23-15-6-2-1-5-14(13)15/h1-2,5-6,11-12H,3-4,7-10H2,(H,18,22)(H,20,21). The quantitative estimate of drug-likeness (QED) is 0.904. The second kappa shape index (κ2) is 7.00. The molecule has 2 aromatic rings. The number of nitrogens with one attached hydrogen (secondary N) is 1. The zero-order valence-electron chi connectivity index (χ0n) is 12.8. The molecule has 0 radical (unpaired) electrons. The third-order valence-electron chi connectivity index (χ3n) is 4.29. The van der Waals surface area contributed by atoms with Crippen LogP contribution in [0.3, 0.4) is 0 Å². The number of carboxylic acid groups (broad SMARTS) is 1. The molecular formula is C17H20N2O3S. The Balaban J connectivity index is 1.52. The summed E-state index contributed by atoms with van der Waals surface area (Å²) in [5, 5.41) is 15.4. The Morgan fingerprint density at radius 2 is 2.17 bits per heavy atom. The van der Waals surface area contributed by atoms with Crippen LogP contribution in [0.1, 0.15) is 18.4 Å². The number of aliphatic carboxylic acids is 1. The first-order valence-corrected chi connectivity index (χ1v) is 8.74. The highest BCUT2D eigenvalue weighted by Crippen LogP contribution is 2.25. The number of hydrogen-bond donors (Lipinski definition) is 2. The maximum atomic E-state index is 12.2. The number of carbonyl (C=O) groups excluding carboxylic acids is 1. The van der Waals surface area contributed by atoms with Gasteiger partial charge in [0.1, 0.15) is 0 Å². The van der Waals surface area contributed by atoms with Crippen molar-refractivity contribution in [3.63, 3.8) is 0 Å². The van der Waals surface area contributed by atoms with Crippen LogP contribution in [0.25, 0.3) is 10.1 Å². The van der Waals surface area contributed by atoms with Gasteiger partial charge in [-0.25, -0.2) is 4.79 Å². The van der Waals surface area contributed by atoms with E-state index in [1.54, 1.807) is 16.2 Å². The molecule has 0 saturated carbocycles. The van der Waals surface area contributed by atoms with E-state index in [-0.39, 0.29) is 6.03 Å². The van der Waals surface area contributed by atoms with E-state index in [0.29, 0.717) is 26.1 Å². The first kappa shape index (κ1) is 15.8. The molecule has 2 N–H and O–H groups in total. The number of urea groups is 1. The lowest BCUT2D eigenvalue weighted by Crippen LogP contribution is -2.47. The second-order valence-corrected chi connectivity index (χ2v) is 6.77. The molecule has 1 aromatic carbocycles. The number of fused-ring (bicyclic) bond motifs is 1. The van der Waals surface area contributed by atoms with Crippen LogP contribution in [-0.2, 0) is 11.2 Å². The van der Waals surface area contributed by atoms with Gasteiger partial charge in [0, 0.05) is 24.3 Å². The smallest absolute Gasteiger partial charge is 0.317 e. The summed E-state index contributed by atoms with van der Waals surface area (Å²) in [5.74, 6) is -1.25. The van der Waals surface area contributed by atoms with Crippen molar-refractivity contribution in [1.82, 2.24) is 10.2 Å². The summed E-state index contributed by atoms with van der Waals surface area (Å²) in [6.07, 6.45) is 2.19. The lowest BCUT2D eigenvalue weighted by Gasteiger charge is -2.30. The molecule has 1 aromatic heterocycles. The Hall–Kier alpha value is -2.08. The molecule has 6 heteroatoms. The van der Waals surface area contributed by atoms with E-state index in [4.69, 9.17) is 5.11 Å². The Labute approximate surface area is 138 Å². The van der Waals surface area contributed by atoms with Crippen molar-refractivity contribution in [3.05, 3.63) is 35.2 Å². The summed E-state index contributed by atoms with van der Waals surface area (Å²) in [6.45, 7) is 1.51. The summed E-state index contributed by atoms with van der Waals surface area (Å²) in [7, 11) is 0. The van der Waals surface area contributed by atoms with Gasteiger partial charge < -0.3 is 15.3 Å². The molecule has 1 atom stereocenters. The molecule has 1 saturated heterocycles. The molecule has 23 heavy (non-hydrogen) atoms. The predicted molar refractivity (Wildman–Crippen MR) is 90.9 cm³/mol. The van der Waals surface area contributed by atoms with Gasteiger partial charge in [-0.1, -0.05) is 18.2 Å². The highest BCUT2D eigenvalue weighted by Gasteiger charge is 2.27. The molecule has 1 unspecified atom stereocenters. The van der Waals surface area contributed by atoms with Crippen LogP contribution in [0.2, 0.25) is 0 Å². The normalized spacial score (nSPS) is 18.1. The molecule has 3 rings (SSSR count). The second-order valence-electron chi connectivity index (χ2n) is 5.86. The number of piperidine rings is 1. The summed E-state index contributed by atoms with van der Waals surface area (Å²) < 4.78 is 1.26. The van der Waals surface area contributed by atoms with Crippen LogP contribution in [0.4, 0.5) is 4.79 Å². The molecule has 0 bridgehead atoms. The fourth-order valence-electron chi connectivity index (χ4n) is 3.01. The molecule has 0 aliphatic carbocycles. The van der Waals surface area contributed by atoms with E-state index in [2.05, 4.69) is 22.8 Å². The van der Waals surface area contributed by atoms with Crippen LogP contribution in [0, 0.1) is 5.92 Å². The maximum Gasteiger partial charge on any atom is 0.317 e. The van der Waals surface area contributed by atoms with Gasteiger partial charge in [0.2, 0.25) is 0 Å². The summed E-state index contributed by atoms with van der Waals surface area (Å²) in [5.41, 5.74) is 1.24. The number of nitrogens with zero attached hydrogens (tertiary/aromatic N) is 1. The Kier molecular flexibility index (Phi) is 4.81. The van der Waals surface area contributed by atoms with Crippen molar-refractivity contribution in [2.75, 3.05) is 19.6 Å². The minimum absolute atomic E-state index is 0.157. The van der Waals surface area contributed by atoms with E-state index in [1.165, 1.54) is 15.6 Å². The van der Waals surface area contributed by atoms with Gasteiger partial charge in [0.15, 0.2) is 0 Å². The minimum atomic E-state index is -0.813. The molecule has 1 fully saturated rings. The highest BCUT2D eigenvalue weighted by molar-refractivity contribution is 7.17. The van der Waals surface area contributed by atoms with Gasteiger partial charge in [-0.05, 0) is 41.7 Å². The van der Waals surface area contributed by atoms with Gasteiger partial charge in [0.05, 0.1) is 5.92 Å². The zero-order valence-corrected chi connectivity index (χ0v) is 13.6. The fourth-order valence-corrected chi connectivity index (χ4v) is 4.00. The van der Waals surface area contributed by atoms with Crippen molar-refractivity contribution < 1.29 is 14.7 Å². The lowest BCUT2D eigenvalue weighted by molar-refractivity contribution is -0.143. The monoisotopic (exact) mass is 332 g/mol. The molecule has 2 heterocycles. The summed E-state index contributed by atoms with van der Waals surface area (Å²) >= 11 is 1.72. The predicted octanol–water partition coefficient (Wildman–Crippen LogP) is 2.95. The Bertz CT molecular complexity index is 713. The highest BCUT2D eigenvalue weighted by atomic mass is 32.1. The van der Waals surface area contributed by atoms with Crippen LogP contribution in [0.5, 0.6) is 0 Å². The molecule has 1 aliphatic heterocycles. The molecule has 122 valence electrons. The number of benzene rings is 1. The maximum absolute atomic E-state index is 12.2. The molecule has 2 amide bonds.